The first-order valence-corrected chi connectivity index (χ1v) is 16.2. The van der Waals surface area contributed by atoms with Crippen molar-refractivity contribution in [3.05, 3.63) is 167 Å². The summed E-state index contributed by atoms with van der Waals surface area (Å²) in [4.78, 5) is 9.65. The Morgan fingerprint density at radius 1 is 0.891 bits per heavy atom. The molecule has 4 unspecified atom stereocenters. The summed E-state index contributed by atoms with van der Waals surface area (Å²) in [6, 6.07) is 24.8. The van der Waals surface area contributed by atoms with Gasteiger partial charge in [-0.1, -0.05) is 67.3 Å². The SMILES string of the molecule is C=C1CC2C(CCc3ccc4c(oc5nc(C)ccc54)c3C3C=C(c4ccc(F)cc4)C=CN13)c1ccccc1C1C=CC=CN12. The van der Waals surface area contributed by atoms with Crippen LogP contribution >= 0.6 is 0 Å². The molecular formula is C41H34FN3O. The van der Waals surface area contributed by atoms with Crippen molar-refractivity contribution >= 4 is 27.6 Å². The highest BCUT2D eigenvalue weighted by molar-refractivity contribution is 6.05. The van der Waals surface area contributed by atoms with Gasteiger partial charge in [0.25, 0.3) is 0 Å². The summed E-state index contributed by atoms with van der Waals surface area (Å²) in [7, 11) is 0. The molecule has 0 saturated carbocycles. The second-order valence-electron chi connectivity index (χ2n) is 12.9. The maximum absolute atomic E-state index is 13.9. The molecule has 0 aliphatic carbocycles. The quantitative estimate of drug-likeness (QED) is 0.191. The normalized spacial score (nSPS) is 23.4. The topological polar surface area (TPSA) is 32.5 Å². The Morgan fingerprint density at radius 3 is 2.59 bits per heavy atom. The molecule has 2 aromatic heterocycles. The molecule has 4 nitrogen and oxygen atoms in total. The summed E-state index contributed by atoms with van der Waals surface area (Å²) < 4.78 is 20.6. The maximum atomic E-state index is 13.9. The van der Waals surface area contributed by atoms with E-state index in [0.29, 0.717) is 11.6 Å². The zero-order valence-corrected chi connectivity index (χ0v) is 25.7. The Kier molecular flexibility index (Phi) is 6.17. The molecule has 4 atom stereocenters. The highest BCUT2D eigenvalue weighted by Crippen LogP contribution is 2.49. The van der Waals surface area contributed by atoms with Gasteiger partial charge in [0.15, 0.2) is 0 Å². The summed E-state index contributed by atoms with van der Waals surface area (Å²) >= 11 is 0. The average Bonchev–Trinajstić information content (AvgIpc) is 3.45. The van der Waals surface area contributed by atoms with Gasteiger partial charge in [-0.15, -0.1) is 0 Å². The lowest BCUT2D eigenvalue weighted by molar-refractivity contribution is 0.164. The summed E-state index contributed by atoms with van der Waals surface area (Å²) in [5.41, 5.74) is 10.8. The summed E-state index contributed by atoms with van der Waals surface area (Å²) in [6.07, 6.45) is 18.2. The molecule has 5 heteroatoms. The highest BCUT2D eigenvalue weighted by Gasteiger charge is 2.41. The Bertz CT molecular complexity index is 2170. The van der Waals surface area contributed by atoms with E-state index in [9.17, 15) is 4.39 Å². The highest BCUT2D eigenvalue weighted by atomic mass is 19.1. The Hall–Kier alpha value is -5.16. The largest absolute Gasteiger partial charge is 0.437 e. The van der Waals surface area contributed by atoms with Gasteiger partial charge in [-0.3, -0.25) is 0 Å². The van der Waals surface area contributed by atoms with Gasteiger partial charge in [-0.25, -0.2) is 9.37 Å². The van der Waals surface area contributed by atoms with Gasteiger partial charge in [0.2, 0.25) is 5.71 Å². The van der Waals surface area contributed by atoms with E-state index in [1.54, 1.807) is 0 Å². The van der Waals surface area contributed by atoms with Crippen LogP contribution in [0.3, 0.4) is 0 Å². The number of fused-ring (bicyclic) bond motifs is 13. The van der Waals surface area contributed by atoms with Crippen LogP contribution in [-0.2, 0) is 6.42 Å². The van der Waals surface area contributed by atoms with Gasteiger partial charge in [0.05, 0.1) is 12.1 Å². The zero-order chi connectivity index (χ0) is 30.9. The Labute approximate surface area is 268 Å². The van der Waals surface area contributed by atoms with Gasteiger partial charge >= 0.3 is 0 Å². The van der Waals surface area contributed by atoms with E-state index in [2.05, 4.69) is 95.0 Å². The number of furan rings is 1. The molecule has 46 heavy (non-hydrogen) atoms. The van der Waals surface area contributed by atoms with Crippen molar-refractivity contribution in [1.82, 2.24) is 14.8 Å². The fourth-order valence-electron chi connectivity index (χ4n) is 8.21. The number of halogens is 1. The molecule has 5 aromatic rings. The minimum Gasteiger partial charge on any atom is -0.437 e. The van der Waals surface area contributed by atoms with E-state index in [-0.39, 0.29) is 23.9 Å². The molecule has 4 aliphatic heterocycles. The van der Waals surface area contributed by atoms with E-state index in [1.165, 1.54) is 28.8 Å². The fourth-order valence-corrected chi connectivity index (χ4v) is 8.21. The molecule has 0 fully saturated rings. The number of aryl methyl sites for hydroxylation is 2. The third-order valence-electron chi connectivity index (χ3n) is 10.4. The van der Waals surface area contributed by atoms with Crippen LogP contribution in [0.2, 0.25) is 0 Å². The molecule has 226 valence electrons. The molecule has 9 rings (SSSR count). The number of pyridine rings is 1. The molecule has 0 amide bonds. The molecule has 0 spiro atoms. The average molecular weight is 604 g/mol. The predicted molar refractivity (Wildman–Crippen MR) is 182 cm³/mol. The number of benzene rings is 3. The minimum absolute atomic E-state index is 0.155. The van der Waals surface area contributed by atoms with Crippen molar-refractivity contribution in [2.45, 2.75) is 50.2 Å². The second kappa shape index (κ2) is 10.4. The number of allylic oxidation sites excluding steroid dienone is 4. The first kappa shape index (κ1) is 27.2. The minimum atomic E-state index is -0.238. The number of hydrogen-bond donors (Lipinski definition) is 0. The van der Waals surface area contributed by atoms with Crippen molar-refractivity contribution in [3.8, 4) is 0 Å². The zero-order valence-electron chi connectivity index (χ0n) is 25.7. The number of hydrogen-bond acceptors (Lipinski definition) is 4. The van der Waals surface area contributed by atoms with Crippen LogP contribution in [0.4, 0.5) is 4.39 Å². The van der Waals surface area contributed by atoms with Crippen LogP contribution in [0.25, 0.3) is 27.6 Å². The lowest BCUT2D eigenvalue weighted by atomic mass is 9.74. The lowest BCUT2D eigenvalue weighted by Crippen LogP contribution is -2.45. The number of aromatic nitrogens is 1. The molecular weight excluding hydrogens is 569 g/mol. The summed E-state index contributed by atoms with van der Waals surface area (Å²) in [5, 5.41) is 2.10. The van der Waals surface area contributed by atoms with E-state index < -0.39 is 0 Å². The van der Waals surface area contributed by atoms with Crippen LogP contribution in [0, 0.1) is 12.7 Å². The molecule has 0 radical (unpaired) electrons. The number of rotatable bonds is 1. The van der Waals surface area contributed by atoms with Gasteiger partial charge in [0.1, 0.15) is 11.4 Å². The standard InChI is InChI=1S/C41H34FN3O/c1-25-10-17-35-34-19-14-28-13-18-33-31-7-3-4-8-32(31)36-9-5-6-21-45(36)37(33)23-26(2)44-22-20-29(27-11-15-30(42)16-12-27)24-38(44)39(28)40(34)46-41(35)43-25/h3-12,14-17,19-22,24,33,36-38H,2,13,18,23H2,1H3. The summed E-state index contributed by atoms with van der Waals surface area (Å²) in [5.74, 6) is 0.0954. The molecule has 0 saturated heterocycles. The van der Waals surface area contributed by atoms with Crippen molar-refractivity contribution in [2.24, 2.45) is 0 Å². The maximum Gasteiger partial charge on any atom is 0.227 e. The first-order chi connectivity index (χ1) is 22.5. The smallest absolute Gasteiger partial charge is 0.227 e. The first-order valence-electron chi connectivity index (χ1n) is 16.2. The van der Waals surface area contributed by atoms with E-state index in [4.69, 9.17) is 16.0 Å². The molecule has 0 N–H and O–H groups in total. The molecule has 4 aliphatic rings. The Morgan fingerprint density at radius 2 is 1.72 bits per heavy atom. The van der Waals surface area contributed by atoms with Crippen LogP contribution < -0.4 is 0 Å². The van der Waals surface area contributed by atoms with Gasteiger partial charge in [0, 0.05) is 58.5 Å². The van der Waals surface area contributed by atoms with Gasteiger partial charge < -0.3 is 14.2 Å². The Balaban J connectivity index is 1.25. The van der Waals surface area contributed by atoms with E-state index in [1.807, 2.05) is 25.1 Å². The fraction of sp³-hybridized carbons (Fsp3) is 0.195. The third-order valence-corrected chi connectivity index (χ3v) is 10.4. The molecule has 3 aromatic carbocycles. The van der Waals surface area contributed by atoms with Crippen molar-refractivity contribution in [3.63, 3.8) is 0 Å². The lowest BCUT2D eigenvalue weighted by Gasteiger charge is -2.49. The molecule has 0 bridgehead atoms. The number of nitrogens with zero attached hydrogens (tertiary/aromatic N) is 3. The van der Waals surface area contributed by atoms with Crippen LogP contribution in [0.15, 0.2) is 132 Å². The van der Waals surface area contributed by atoms with Crippen LogP contribution in [0.5, 0.6) is 0 Å². The second-order valence-corrected chi connectivity index (χ2v) is 12.9. The van der Waals surface area contributed by atoms with E-state index >= 15 is 0 Å². The predicted octanol–water partition coefficient (Wildman–Crippen LogP) is 9.83. The third kappa shape index (κ3) is 4.22. The van der Waals surface area contributed by atoms with Crippen LogP contribution in [-0.4, -0.2) is 20.8 Å². The van der Waals surface area contributed by atoms with Crippen molar-refractivity contribution < 1.29 is 8.81 Å². The molecule has 6 heterocycles. The van der Waals surface area contributed by atoms with Gasteiger partial charge in [-0.2, -0.15) is 0 Å². The van der Waals surface area contributed by atoms with E-state index in [0.717, 1.165) is 63.7 Å². The summed E-state index contributed by atoms with van der Waals surface area (Å²) in [6.45, 7) is 6.75. The monoisotopic (exact) mass is 603 g/mol. The van der Waals surface area contributed by atoms with Crippen LogP contribution in [0.1, 0.15) is 64.4 Å². The van der Waals surface area contributed by atoms with Crippen molar-refractivity contribution in [2.75, 3.05) is 0 Å². The van der Waals surface area contributed by atoms with Gasteiger partial charge in [-0.05, 0) is 90.1 Å². The van der Waals surface area contributed by atoms with Crippen molar-refractivity contribution in [1.29, 1.82) is 0 Å².